The van der Waals surface area contributed by atoms with Crippen molar-refractivity contribution >= 4 is 15.9 Å². The molecular formula is C16H25Br. The highest BCUT2D eigenvalue weighted by Gasteiger charge is 2.07. The molecule has 0 aromatic rings. The van der Waals surface area contributed by atoms with E-state index in [9.17, 15) is 0 Å². The molecule has 0 aliphatic heterocycles. The maximum atomic E-state index is 4.07. The molecule has 0 saturated heterocycles. The first kappa shape index (κ1) is 16.4. The molecule has 3 unspecified atom stereocenters. The highest BCUT2D eigenvalue weighted by Crippen LogP contribution is 2.23. The van der Waals surface area contributed by atoms with Crippen molar-refractivity contribution < 1.29 is 0 Å². The van der Waals surface area contributed by atoms with Crippen LogP contribution in [0.3, 0.4) is 0 Å². The van der Waals surface area contributed by atoms with E-state index in [1.54, 1.807) is 0 Å². The molecule has 0 heterocycles. The van der Waals surface area contributed by atoms with Gasteiger partial charge in [-0.2, -0.15) is 0 Å². The van der Waals surface area contributed by atoms with Gasteiger partial charge in [0.25, 0.3) is 0 Å². The van der Waals surface area contributed by atoms with Gasteiger partial charge in [0, 0.05) is 4.48 Å². The Morgan fingerprint density at radius 3 is 2.29 bits per heavy atom. The van der Waals surface area contributed by atoms with Crippen LogP contribution in [0.1, 0.15) is 34.1 Å². The Morgan fingerprint density at radius 1 is 1.24 bits per heavy atom. The van der Waals surface area contributed by atoms with Crippen molar-refractivity contribution in [2.24, 2.45) is 17.8 Å². The summed E-state index contributed by atoms with van der Waals surface area (Å²) in [5.41, 5.74) is 1.04. The molecule has 0 rings (SSSR count). The summed E-state index contributed by atoms with van der Waals surface area (Å²) >= 11 is 3.59. The van der Waals surface area contributed by atoms with E-state index >= 15 is 0 Å². The molecule has 1 heteroatoms. The van der Waals surface area contributed by atoms with Gasteiger partial charge in [-0.05, 0) is 23.3 Å². The minimum absolute atomic E-state index is 0.468. The fourth-order valence-corrected chi connectivity index (χ4v) is 1.75. The van der Waals surface area contributed by atoms with Gasteiger partial charge in [-0.25, -0.2) is 0 Å². The van der Waals surface area contributed by atoms with Gasteiger partial charge < -0.3 is 0 Å². The van der Waals surface area contributed by atoms with Crippen molar-refractivity contribution in [3.8, 4) is 0 Å². The summed E-state index contributed by atoms with van der Waals surface area (Å²) in [4.78, 5) is 0. The average molecular weight is 297 g/mol. The van der Waals surface area contributed by atoms with E-state index in [1.165, 1.54) is 0 Å². The Labute approximate surface area is 115 Å². The van der Waals surface area contributed by atoms with Crippen molar-refractivity contribution in [3.05, 3.63) is 47.5 Å². The zero-order valence-corrected chi connectivity index (χ0v) is 13.1. The molecule has 0 bridgehead atoms. The molecule has 0 saturated carbocycles. The summed E-state index contributed by atoms with van der Waals surface area (Å²) in [6.07, 6.45) is 9.66. The zero-order valence-electron chi connectivity index (χ0n) is 11.5. The minimum atomic E-state index is 0.468. The maximum Gasteiger partial charge on any atom is 0.0204 e. The van der Waals surface area contributed by atoms with Crippen molar-refractivity contribution in [2.75, 3.05) is 0 Å². The van der Waals surface area contributed by atoms with Gasteiger partial charge in [0.05, 0.1) is 0 Å². The second-order valence-corrected chi connectivity index (χ2v) is 5.59. The molecule has 0 aromatic carbocycles. The van der Waals surface area contributed by atoms with Gasteiger partial charge in [-0.3, -0.25) is 0 Å². The molecule has 0 N–H and O–H groups in total. The van der Waals surface area contributed by atoms with Crippen molar-refractivity contribution in [3.63, 3.8) is 0 Å². The summed E-state index contributed by atoms with van der Waals surface area (Å²) in [6.45, 7) is 16.7. The fourth-order valence-electron chi connectivity index (χ4n) is 1.20. The van der Waals surface area contributed by atoms with E-state index in [2.05, 4.69) is 75.0 Å². The molecule has 3 atom stereocenters. The maximum absolute atomic E-state index is 4.07. The third-order valence-corrected chi connectivity index (χ3v) is 3.96. The van der Waals surface area contributed by atoms with Crippen LogP contribution >= 0.6 is 15.9 Å². The molecule has 0 radical (unpaired) electrons. The molecule has 0 aromatic heterocycles. The first-order valence-electron chi connectivity index (χ1n) is 6.29. The highest BCUT2D eigenvalue weighted by molar-refractivity contribution is 9.12. The molecule has 0 spiro atoms. The lowest BCUT2D eigenvalue weighted by atomic mass is 9.95. The summed E-state index contributed by atoms with van der Waals surface area (Å²) in [5.74, 6) is 1.56. The molecular weight excluding hydrogens is 272 g/mol. The zero-order chi connectivity index (χ0) is 13.4. The Kier molecular flexibility index (Phi) is 8.24. The van der Waals surface area contributed by atoms with Gasteiger partial charge >= 0.3 is 0 Å². The van der Waals surface area contributed by atoms with Crippen LogP contribution in [-0.2, 0) is 0 Å². The predicted octanol–water partition coefficient (Wildman–Crippen LogP) is 5.88. The van der Waals surface area contributed by atoms with Gasteiger partial charge in [0.1, 0.15) is 0 Å². The van der Waals surface area contributed by atoms with Crippen LogP contribution in [0.2, 0.25) is 0 Å². The fraction of sp³-hybridized carbons (Fsp3) is 0.500. The normalized spacial score (nSPS) is 17.8. The standard InChI is InChI=1S/C16H25Br/c1-7-12(3)9-10-14(5)16(17)11-15(6)13(4)8-2/h8-13,15H,2,5,7H2,1,3-4,6H3/b10-9-,16-11+. The van der Waals surface area contributed by atoms with Crippen molar-refractivity contribution in [1.82, 2.24) is 0 Å². The summed E-state index contributed by atoms with van der Waals surface area (Å²) in [5, 5.41) is 0. The Hall–Kier alpha value is -0.560. The van der Waals surface area contributed by atoms with Crippen LogP contribution in [0.15, 0.2) is 47.5 Å². The van der Waals surface area contributed by atoms with Crippen molar-refractivity contribution in [2.45, 2.75) is 34.1 Å². The summed E-state index contributed by atoms with van der Waals surface area (Å²) in [6, 6.07) is 0. The van der Waals surface area contributed by atoms with Gasteiger partial charge in [0.2, 0.25) is 0 Å². The van der Waals surface area contributed by atoms with E-state index in [0.717, 1.165) is 16.5 Å². The topological polar surface area (TPSA) is 0 Å². The largest absolute Gasteiger partial charge is 0.103 e. The summed E-state index contributed by atoms with van der Waals surface area (Å²) in [7, 11) is 0. The van der Waals surface area contributed by atoms with E-state index in [-0.39, 0.29) is 0 Å². The smallest absolute Gasteiger partial charge is 0.0204 e. The van der Waals surface area contributed by atoms with E-state index in [1.807, 2.05) is 6.08 Å². The Balaban J connectivity index is 4.54. The highest BCUT2D eigenvalue weighted by atomic mass is 79.9. The van der Waals surface area contributed by atoms with Crippen LogP contribution in [-0.4, -0.2) is 0 Å². The molecule has 0 aliphatic carbocycles. The molecule has 0 nitrogen and oxygen atoms in total. The van der Waals surface area contributed by atoms with E-state index in [0.29, 0.717) is 17.8 Å². The number of hydrogen-bond donors (Lipinski definition) is 0. The van der Waals surface area contributed by atoms with Crippen molar-refractivity contribution in [1.29, 1.82) is 0 Å². The Morgan fingerprint density at radius 2 is 1.82 bits per heavy atom. The van der Waals surface area contributed by atoms with Crippen LogP contribution < -0.4 is 0 Å². The SMILES string of the molecule is C=CC(C)C(C)/C=C(/Br)C(=C)/C=C\C(C)CC. The average Bonchev–Trinajstić information content (AvgIpc) is 2.33. The first-order chi connectivity index (χ1) is 7.92. The van der Waals surface area contributed by atoms with Crippen LogP contribution in [0, 0.1) is 17.8 Å². The van der Waals surface area contributed by atoms with Crippen LogP contribution in [0.5, 0.6) is 0 Å². The molecule has 17 heavy (non-hydrogen) atoms. The minimum Gasteiger partial charge on any atom is -0.103 e. The van der Waals surface area contributed by atoms with E-state index in [4.69, 9.17) is 0 Å². The number of allylic oxidation sites excluding steroid dienone is 6. The van der Waals surface area contributed by atoms with E-state index < -0.39 is 0 Å². The predicted molar refractivity (Wildman–Crippen MR) is 83.3 cm³/mol. The number of rotatable bonds is 7. The van der Waals surface area contributed by atoms with Crippen LogP contribution in [0.25, 0.3) is 0 Å². The van der Waals surface area contributed by atoms with Crippen LogP contribution in [0.4, 0.5) is 0 Å². The lowest BCUT2D eigenvalue weighted by Gasteiger charge is -2.12. The van der Waals surface area contributed by atoms with Gasteiger partial charge in [-0.15, -0.1) is 6.58 Å². The molecule has 0 fully saturated rings. The quantitative estimate of drug-likeness (QED) is 0.406. The first-order valence-corrected chi connectivity index (χ1v) is 7.09. The monoisotopic (exact) mass is 296 g/mol. The summed E-state index contributed by atoms with van der Waals surface area (Å²) < 4.78 is 1.08. The Bertz CT molecular complexity index is 309. The second kappa shape index (κ2) is 8.52. The number of hydrogen-bond acceptors (Lipinski definition) is 0. The third-order valence-electron chi connectivity index (χ3n) is 3.19. The lowest BCUT2D eigenvalue weighted by molar-refractivity contribution is 0.559. The lowest BCUT2D eigenvalue weighted by Crippen LogP contribution is -2.01. The molecule has 96 valence electrons. The third kappa shape index (κ3) is 6.68. The second-order valence-electron chi connectivity index (χ2n) is 4.74. The number of halogens is 1. The van der Waals surface area contributed by atoms with Gasteiger partial charge in [0.15, 0.2) is 0 Å². The molecule has 0 aliphatic rings. The van der Waals surface area contributed by atoms with Gasteiger partial charge in [-0.1, -0.05) is 80.9 Å². The molecule has 0 amide bonds.